The summed E-state index contributed by atoms with van der Waals surface area (Å²) in [6, 6.07) is 0. The summed E-state index contributed by atoms with van der Waals surface area (Å²) in [4.78, 5) is 32.3. The maximum Gasteiger partial charge on any atom is 0.327 e. The summed E-state index contributed by atoms with van der Waals surface area (Å²) < 4.78 is 0. The van der Waals surface area contributed by atoms with Gasteiger partial charge in [-0.3, -0.25) is 14.8 Å². The van der Waals surface area contributed by atoms with Gasteiger partial charge in [0.2, 0.25) is 0 Å². The Labute approximate surface area is 85.6 Å². The fourth-order valence-electron chi connectivity index (χ4n) is 0.867. The maximum absolute atomic E-state index is 10.9. The monoisotopic (exact) mass is 360 g/mol. The van der Waals surface area contributed by atoms with Crippen LogP contribution >= 0.6 is 0 Å². The van der Waals surface area contributed by atoms with Gasteiger partial charge in [-0.25, -0.2) is 9.78 Å². The third-order valence-corrected chi connectivity index (χ3v) is 1.33. The second-order valence-corrected chi connectivity index (χ2v) is 2.03. The second-order valence-electron chi connectivity index (χ2n) is 2.03. The van der Waals surface area contributed by atoms with E-state index in [0.717, 1.165) is 0 Å². The van der Waals surface area contributed by atoms with E-state index in [9.17, 15) is 9.59 Å². The molecule has 0 bridgehead atoms. The summed E-state index contributed by atoms with van der Waals surface area (Å²) in [5.74, 6) is 0. The van der Waals surface area contributed by atoms with Crippen LogP contribution in [0.25, 0.3) is 11.2 Å². The summed E-state index contributed by atoms with van der Waals surface area (Å²) in [5, 5.41) is 0. The fraction of sp³-hybridized carbons (Fsp3) is 0. The number of nitrogens with zero attached hydrogens (tertiary/aromatic N) is 1. The largest absolute Gasteiger partial charge is 0.339 e. The molecule has 4 radical (unpaired) electrons. The van der Waals surface area contributed by atoms with Crippen LogP contribution in [0, 0.1) is 0 Å². The van der Waals surface area contributed by atoms with Crippen LogP contribution in [-0.2, 0) is 0 Å². The van der Waals surface area contributed by atoms with Gasteiger partial charge in [-0.2, -0.15) is 0 Å². The molecule has 12 heavy (non-hydrogen) atoms. The average Bonchev–Trinajstić information content (AvgIpc) is 2.34. The van der Waals surface area contributed by atoms with Crippen molar-refractivity contribution >= 4 is 38.5 Å². The number of nitrogens with one attached hydrogen (secondary N) is 3. The molecule has 0 aliphatic heterocycles. The molecule has 0 aromatic carbocycles. The van der Waals surface area contributed by atoms with Gasteiger partial charge in [0.15, 0.2) is 5.65 Å². The number of aromatic amines is 3. The van der Waals surface area contributed by atoms with Crippen LogP contribution in [0.4, 0.5) is 0 Å². The summed E-state index contributed by atoms with van der Waals surface area (Å²) >= 11 is 0. The van der Waals surface area contributed by atoms with E-state index in [4.69, 9.17) is 0 Å². The van der Waals surface area contributed by atoms with Crippen LogP contribution in [0.1, 0.15) is 0 Å². The van der Waals surface area contributed by atoms with E-state index in [2.05, 4.69) is 19.9 Å². The van der Waals surface area contributed by atoms with Crippen molar-refractivity contribution in [2.45, 2.75) is 0 Å². The van der Waals surface area contributed by atoms with Gasteiger partial charge in [-0.15, -0.1) is 0 Å². The van der Waals surface area contributed by atoms with Crippen molar-refractivity contribution in [1.29, 1.82) is 0 Å². The molecule has 2 aromatic rings. The SMILES string of the molecule is O=c1[nH]c(=O)c2[nH]cnc2[nH]1.[Pb]. The predicted molar refractivity (Wildman–Crippen MR) is 43.1 cm³/mol. The number of aromatic nitrogens is 4. The molecule has 2 heterocycles. The second kappa shape index (κ2) is 3.21. The molecule has 0 amide bonds. The van der Waals surface area contributed by atoms with Gasteiger partial charge < -0.3 is 4.98 Å². The van der Waals surface area contributed by atoms with Crippen molar-refractivity contribution in [2.24, 2.45) is 0 Å². The maximum atomic E-state index is 10.9. The zero-order chi connectivity index (χ0) is 7.84. The van der Waals surface area contributed by atoms with Crippen LogP contribution in [0.3, 0.4) is 0 Å². The average molecular weight is 359 g/mol. The molecule has 0 aliphatic carbocycles. The van der Waals surface area contributed by atoms with Crippen molar-refractivity contribution < 1.29 is 0 Å². The Morgan fingerprint density at radius 3 is 2.75 bits per heavy atom. The van der Waals surface area contributed by atoms with E-state index in [0.29, 0.717) is 0 Å². The number of fused-ring (bicyclic) bond motifs is 1. The van der Waals surface area contributed by atoms with E-state index >= 15 is 0 Å². The van der Waals surface area contributed by atoms with Gasteiger partial charge >= 0.3 is 5.69 Å². The summed E-state index contributed by atoms with van der Waals surface area (Å²) in [6.07, 6.45) is 1.34. The van der Waals surface area contributed by atoms with E-state index < -0.39 is 11.2 Å². The molecule has 2 rings (SSSR count). The third kappa shape index (κ3) is 1.33. The normalized spacial score (nSPS) is 9.67. The Kier molecular flexibility index (Phi) is 2.45. The molecule has 3 N–H and O–H groups in total. The van der Waals surface area contributed by atoms with Gasteiger partial charge in [0.05, 0.1) is 6.33 Å². The first kappa shape index (κ1) is 9.16. The van der Waals surface area contributed by atoms with Crippen LogP contribution in [0.5, 0.6) is 0 Å². The minimum Gasteiger partial charge on any atom is -0.339 e. The zero-order valence-electron chi connectivity index (χ0n) is 5.84. The van der Waals surface area contributed by atoms with E-state index in [1.165, 1.54) is 6.33 Å². The van der Waals surface area contributed by atoms with Crippen molar-refractivity contribution in [2.75, 3.05) is 0 Å². The third-order valence-electron chi connectivity index (χ3n) is 1.33. The molecule has 0 atom stereocenters. The van der Waals surface area contributed by atoms with Gasteiger partial charge in [0.1, 0.15) is 5.52 Å². The Morgan fingerprint density at radius 2 is 2.00 bits per heavy atom. The molecule has 6 nitrogen and oxygen atoms in total. The van der Waals surface area contributed by atoms with Crippen LogP contribution in [0.15, 0.2) is 15.9 Å². The minimum atomic E-state index is -0.547. The topological polar surface area (TPSA) is 94.4 Å². The summed E-state index contributed by atoms with van der Waals surface area (Å²) in [7, 11) is 0. The van der Waals surface area contributed by atoms with Crippen molar-refractivity contribution in [3.63, 3.8) is 0 Å². The number of imidazole rings is 1. The molecule has 7 heteroatoms. The van der Waals surface area contributed by atoms with E-state index in [1.54, 1.807) is 0 Å². The molecule has 2 aromatic heterocycles. The molecule has 0 aliphatic rings. The molecular formula is C5H4N4O2Pb. The molecule has 0 saturated heterocycles. The molecular weight excluding hydrogens is 355 g/mol. The quantitative estimate of drug-likeness (QED) is 0.503. The first-order valence-electron chi connectivity index (χ1n) is 2.93. The Balaban J connectivity index is 0.000000720. The molecule has 0 fully saturated rings. The number of H-pyrrole nitrogens is 3. The van der Waals surface area contributed by atoms with Gasteiger partial charge in [-0.1, -0.05) is 0 Å². The summed E-state index contributed by atoms with van der Waals surface area (Å²) in [6.45, 7) is 0. The number of rotatable bonds is 0. The van der Waals surface area contributed by atoms with Gasteiger partial charge in [0.25, 0.3) is 5.56 Å². The van der Waals surface area contributed by atoms with E-state index in [1.807, 2.05) is 0 Å². The standard InChI is InChI=1S/C5H4N4O2.Pb/c10-4-2-3(7-1-6-2)8-5(11)9-4;/h1H,(H3,6,7,8,9,10,11);. The smallest absolute Gasteiger partial charge is 0.327 e. The van der Waals surface area contributed by atoms with E-state index in [-0.39, 0.29) is 38.5 Å². The van der Waals surface area contributed by atoms with Gasteiger partial charge in [0, 0.05) is 27.3 Å². The number of hydrogen-bond donors (Lipinski definition) is 3. The van der Waals surface area contributed by atoms with Crippen molar-refractivity contribution in [3.8, 4) is 0 Å². The Hall–Kier alpha value is -0.928. The first-order chi connectivity index (χ1) is 5.27. The molecule has 0 spiro atoms. The Bertz CT molecular complexity index is 496. The molecule has 0 saturated carbocycles. The molecule has 0 unspecified atom stereocenters. The Morgan fingerprint density at radius 1 is 1.25 bits per heavy atom. The fourth-order valence-corrected chi connectivity index (χ4v) is 0.867. The predicted octanol–water partition coefficient (Wildman–Crippen LogP) is -1.44. The summed E-state index contributed by atoms with van der Waals surface area (Å²) in [5.41, 5.74) is -0.445. The first-order valence-corrected chi connectivity index (χ1v) is 2.93. The number of hydrogen-bond acceptors (Lipinski definition) is 3. The molecule has 60 valence electrons. The van der Waals surface area contributed by atoms with Crippen LogP contribution < -0.4 is 11.2 Å². The zero-order valence-corrected chi connectivity index (χ0v) is 9.73. The van der Waals surface area contributed by atoms with Crippen LogP contribution in [-0.4, -0.2) is 47.2 Å². The van der Waals surface area contributed by atoms with Crippen molar-refractivity contribution in [1.82, 2.24) is 19.9 Å². The minimum absolute atomic E-state index is 0. The van der Waals surface area contributed by atoms with Gasteiger partial charge in [-0.05, 0) is 0 Å². The van der Waals surface area contributed by atoms with Crippen LogP contribution in [0.2, 0.25) is 0 Å². The van der Waals surface area contributed by atoms with Crippen molar-refractivity contribution in [3.05, 3.63) is 27.2 Å².